The third kappa shape index (κ3) is 4.31. The Bertz CT molecular complexity index is 840. The zero-order valence-corrected chi connectivity index (χ0v) is 16.6. The molecule has 142 valence electrons. The molecule has 2 aromatic rings. The van der Waals surface area contributed by atoms with Crippen molar-refractivity contribution in [2.75, 3.05) is 13.6 Å². The SMILES string of the molecule is Cc1noc(C)c1S(=O)(=O)N(C)CC(=O)N(Cc1ccccc1)C(C)C. The van der Waals surface area contributed by atoms with Gasteiger partial charge in [-0.15, -0.1) is 0 Å². The van der Waals surface area contributed by atoms with Gasteiger partial charge in [0.05, 0.1) is 6.54 Å². The zero-order valence-electron chi connectivity index (χ0n) is 15.8. The number of rotatable bonds is 7. The highest BCUT2D eigenvalue weighted by atomic mass is 32.2. The van der Waals surface area contributed by atoms with E-state index in [-0.39, 0.29) is 34.8 Å². The summed E-state index contributed by atoms with van der Waals surface area (Å²) in [5.41, 5.74) is 1.28. The van der Waals surface area contributed by atoms with E-state index in [1.54, 1.807) is 18.7 Å². The molecule has 1 amide bonds. The first-order chi connectivity index (χ1) is 12.1. The van der Waals surface area contributed by atoms with Crippen LogP contribution >= 0.6 is 0 Å². The number of amides is 1. The van der Waals surface area contributed by atoms with Crippen molar-refractivity contribution in [2.45, 2.75) is 45.2 Å². The quantitative estimate of drug-likeness (QED) is 0.737. The number of carbonyl (C=O) groups excluding carboxylic acids is 1. The average molecular weight is 379 g/mol. The van der Waals surface area contributed by atoms with Crippen molar-refractivity contribution in [2.24, 2.45) is 0 Å². The number of hydrogen-bond acceptors (Lipinski definition) is 5. The Balaban J connectivity index is 2.18. The number of carbonyl (C=O) groups is 1. The van der Waals surface area contributed by atoms with Crippen molar-refractivity contribution >= 4 is 15.9 Å². The molecule has 0 radical (unpaired) electrons. The van der Waals surface area contributed by atoms with E-state index in [1.807, 2.05) is 44.2 Å². The lowest BCUT2D eigenvalue weighted by Gasteiger charge is -2.29. The van der Waals surface area contributed by atoms with Gasteiger partial charge in [0.15, 0.2) is 5.76 Å². The van der Waals surface area contributed by atoms with E-state index in [0.29, 0.717) is 6.54 Å². The van der Waals surface area contributed by atoms with Gasteiger partial charge in [-0.2, -0.15) is 4.31 Å². The van der Waals surface area contributed by atoms with Crippen LogP contribution in [0, 0.1) is 13.8 Å². The summed E-state index contributed by atoms with van der Waals surface area (Å²) < 4.78 is 31.5. The Morgan fingerprint density at radius 1 is 1.19 bits per heavy atom. The van der Waals surface area contributed by atoms with Gasteiger partial charge in [-0.25, -0.2) is 8.42 Å². The van der Waals surface area contributed by atoms with Crippen LogP contribution in [0.5, 0.6) is 0 Å². The monoisotopic (exact) mass is 379 g/mol. The smallest absolute Gasteiger partial charge is 0.248 e. The second-order valence-corrected chi connectivity index (χ2v) is 8.50. The van der Waals surface area contributed by atoms with Gasteiger partial charge in [-0.3, -0.25) is 4.79 Å². The first kappa shape index (κ1) is 20.1. The normalized spacial score (nSPS) is 12.0. The van der Waals surface area contributed by atoms with Gasteiger partial charge >= 0.3 is 0 Å². The topological polar surface area (TPSA) is 83.7 Å². The molecular formula is C18H25N3O4S. The van der Waals surface area contributed by atoms with Gasteiger partial charge in [0, 0.05) is 19.6 Å². The molecular weight excluding hydrogens is 354 g/mol. The molecule has 0 saturated carbocycles. The highest BCUT2D eigenvalue weighted by Gasteiger charge is 2.31. The van der Waals surface area contributed by atoms with Crippen molar-refractivity contribution in [3.8, 4) is 0 Å². The summed E-state index contributed by atoms with van der Waals surface area (Å²) in [5.74, 6) is -0.0477. The minimum Gasteiger partial charge on any atom is -0.360 e. The second-order valence-electron chi connectivity index (χ2n) is 6.52. The van der Waals surface area contributed by atoms with Gasteiger partial charge in [-0.05, 0) is 33.3 Å². The number of likely N-dealkylation sites (N-methyl/N-ethyl adjacent to an activating group) is 1. The van der Waals surface area contributed by atoms with Gasteiger partial charge in [0.25, 0.3) is 0 Å². The minimum atomic E-state index is -3.85. The lowest BCUT2D eigenvalue weighted by atomic mass is 10.2. The lowest BCUT2D eigenvalue weighted by molar-refractivity contribution is -0.133. The van der Waals surface area contributed by atoms with Gasteiger partial charge in [-0.1, -0.05) is 35.5 Å². The summed E-state index contributed by atoms with van der Waals surface area (Å²) >= 11 is 0. The van der Waals surface area contributed by atoms with Gasteiger partial charge in [0.2, 0.25) is 15.9 Å². The number of hydrogen-bond donors (Lipinski definition) is 0. The number of benzene rings is 1. The fourth-order valence-electron chi connectivity index (χ4n) is 2.70. The molecule has 0 fully saturated rings. The molecule has 7 nitrogen and oxygen atoms in total. The highest BCUT2D eigenvalue weighted by Crippen LogP contribution is 2.22. The minimum absolute atomic E-state index is 0.0203. The van der Waals surface area contributed by atoms with E-state index in [1.165, 1.54) is 7.05 Å². The van der Waals surface area contributed by atoms with Crippen molar-refractivity contribution in [1.29, 1.82) is 0 Å². The third-order valence-corrected chi connectivity index (χ3v) is 6.18. The summed E-state index contributed by atoms with van der Waals surface area (Å²) in [6.45, 7) is 7.09. The molecule has 0 N–H and O–H groups in total. The van der Waals surface area contributed by atoms with E-state index in [2.05, 4.69) is 5.16 Å². The van der Waals surface area contributed by atoms with Crippen LogP contribution in [0.4, 0.5) is 0 Å². The first-order valence-corrected chi connectivity index (χ1v) is 9.81. The molecule has 26 heavy (non-hydrogen) atoms. The average Bonchev–Trinajstić information content (AvgIpc) is 2.92. The lowest BCUT2D eigenvalue weighted by Crippen LogP contribution is -2.43. The maximum absolute atomic E-state index is 12.8. The van der Waals surface area contributed by atoms with Gasteiger partial charge in [0.1, 0.15) is 10.6 Å². The largest absolute Gasteiger partial charge is 0.360 e. The Labute approximate surface area is 154 Å². The predicted molar refractivity (Wildman–Crippen MR) is 97.9 cm³/mol. The number of aromatic nitrogens is 1. The molecule has 0 spiro atoms. The summed E-state index contributed by atoms with van der Waals surface area (Å²) in [4.78, 5) is 14.4. The van der Waals surface area contributed by atoms with Crippen molar-refractivity contribution < 1.29 is 17.7 Å². The van der Waals surface area contributed by atoms with Crippen LogP contribution in [0.25, 0.3) is 0 Å². The third-order valence-electron chi connectivity index (χ3n) is 4.13. The van der Waals surface area contributed by atoms with Gasteiger partial charge < -0.3 is 9.42 Å². The molecule has 1 aromatic carbocycles. The van der Waals surface area contributed by atoms with Crippen LogP contribution in [-0.4, -0.2) is 48.3 Å². The van der Waals surface area contributed by atoms with Crippen LogP contribution in [0.3, 0.4) is 0 Å². The van der Waals surface area contributed by atoms with Crippen molar-refractivity contribution in [3.63, 3.8) is 0 Å². The molecule has 0 bridgehead atoms. The van der Waals surface area contributed by atoms with E-state index in [0.717, 1.165) is 9.87 Å². The molecule has 0 unspecified atom stereocenters. The molecule has 1 heterocycles. The Hall–Kier alpha value is -2.19. The first-order valence-electron chi connectivity index (χ1n) is 8.37. The van der Waals surface area contributed by atoms with Crippen LogP contribution in [-0.2, 0) is 21.4 Å². The van der Waals surface area contributed by atoms with Crippen LogP contribution < -0.4 is 0 Å². The molecule has 2 rings (SSSR count). The Morgan fingerprint density at radius 3 is 2.31 bits per heavy atom. The molecule has 0 aliphatic heterocycles. The molecule has 0 aliphatic carbocycles. The summed E-state index contributed by atoms with van der Waals surface area (Å²) in [5, 5.41) is 3.69. The molecule has 8 heteroatoms. The molecule has 0 atom stereocenters. The molecule has 1 aromatic heterocycles. The Morgan fingerprint density at radius 2 is 1.81 bits per heavy atom. The predicted octanol–water partition coefficient (Wildman–Crippen LogP) is 2.35. The zero-order chi connectivity index (χ0) is 19.5. The fraction of sp³-hybridized carbons (Fsp3) is 0.444. The fourth-order valence-corrected chi connectivity index (χ4v) is 4.11. The number of nitrogens with zero attached hydrogens (tertiary/aromatic N) is 3. The van der Waals surface area contributed by atoms with Crippen molar-refractivity contribution in [3.05, 3.63) is 47.3 Å². The van der Waals surface area contributed by atoms with E-state index < -0.39 is 10.0 Å². The Kier molecular flexibility index (Phi) is 6.20. The molecule has 0 saturated heterocycles. The highest BCUT2D eigenvalue weighted by molar-refractivity contribution is 7.89. The standard InChI is InChI=1S/C18H25N3O4S/c1-13(2)21(11-16-9-7-6-8-10-16)17(22)12-20(5)26(23,24)18-14(3)19-25-15(18)4/h6-10,13H,11-12H2,1-5H3. The van der Waals surface area contributed by atoms with Crippen molar-refractivity contribution in [1.82, 2.24) is 14.4 Å². The van der Waals surface area contributed by atoms with Crippen LogP contribution in [0.1, 0.15) is 30.9 Å². The van der Waals surface area contributed by atoms with E-state index in [9.17, 15) is 13.2 Å². The summed E-state index contributed by atoms with van der Waals surface area (Å²) in [6, 6.07) is 9.55. The molecule has 0 aliphatic rings. The van der Waals surface area contributed by atoms with E-state index >= 15 is 0 Å². The van der Waals surface area contributed by atoms with Crippen LogP contribution in [0.2, 0.25) is 0 Å². The summed E-state index contributed by atoms with van der Waals surface area (Å²) in [7, 11) is -2.47. The second kappa shape index (κ2) is 8.01. The maximum Gasteiger partial charge on any atom is 0.248 e. The number of sulfonamides is 1. The van der Waals surface area contributed by atoms with E-state index in [4.69, 9.17) is 4.52 Å². The van der Waals surface area contributed by atoms with Crippen LogP contribution in [0.15, 0.2) is 39.8 Å². The summed E-state index contributed by atoms with van der Waals surface area (Å²) in [6.07, 6.45) is 0. The number of aryl methyl sites for hydroxylation is 2. The maximum atomic E-state index is 12.8.